The summed E-state index contributed by atoms with van der Waals surface area (Å²) in [6.07, 6.45) is 1.61. The minimum atomic E-state index is 0.0846. The maximum absolute atomic E-state index is 6.09. The predicted molar refractivity (Wildman–Crippen MR) is 103 cm³/mol. The lowest BCUT2D eigenvalue weighted by Gasteiger charge is -2.42. The highest BCUT2D eigenvalue weighted by Crippen LogP contribution is 2.37. The summed E-state index contributed by atoms with van der Waals surface area (Å²) in [5, 5.41) is 4.72. The smallest absolute Gasteiger partial charge is 0.143 e. The van der Waals surface area contributed by atoms with Crippen molar-refractivity contribution >= 4 is 16.9 Å². The molecule has 7 heteroatoms. The zero-order valence-electron chi connectivity index (χ0n) is 15.3. The number of nitrogens with one attached hydrogen (secondary N) is 2. The molecular formula is C20H23N5O2. The van der Waals surface area contributed by atoms with E-state index in [1.165, 1.54) is 5.56 Å². The molecule has 2 atom stereocenters. The molecule has 1 fully saturated rings. The number of anilines is 1. The van der Waals surface area contributed by atoms with E-state index in [9.17, 15) is 0 Å². The molecule has 0 spiro atoms. The van der Waals surface area contributed by atoms with Gasteiger partial charge in [-0.2, -0.15) is 0 Å². The van der Waals surface area contributed by atoms with Crippen molar-refractivity contribution in [3.8, 4) is 5.75 Å². The third-order valence-electron chi connectivity index (χ3n) is 5.42. The summed E-state index contributed by atoms with van der Waals surface area (Å²) < 4.78 is 11.6. The van der Waals surface area contributed by atoms with Gasteiger partial charge in [0.25, 0.3) is 0 Å². The summed E-state index contributed by atoms with van der Waals surface area (Å²) in [6.45, 7) is 6.04. The summed E-state index contributed by atoms with van der Waals surface area (Å²) in [5.74, 6) is 1.79. The predicted octanol–water partition coefficient (Wildman–Crippen LogP) is 2.51. The van der Waals surface area contributed by atoms with Crippen molar-refractivity contribution in [1.82, 2.24) is 19.9 Å². The lowest BCUT2D eigenvalue weighted by Crippen LogP contribution is -2.52. The number of fused-ring (bicyclic) bond motifs is 2. The van der Waals surface area contributed by atoms with Crippen LogP contribution in [0.1, 0.15) is 17.3 Å². The molecular weight excluding hydrogens is 342 g/mol. The fourth-order valence-electron chi connectivity index (χ4n) is 4.08. The van der Waals surface area contributed by atoms with Gasteiger partial charge in [0, 0.05) is 24.3 Å². The van der Waals surface area contributed by atoms with Crippen molar-refractivity contribution in [3.63, 3.8) is 0 Å². The molecule has 2 aromatic heterocycles. The van der Waals surface area contributed by atoms with E-state index in [1.807, 2.05) is 19.1 Å². The Kier molecular flexibility index (Phi) is 4.18. The van der Waals surface area contributed by atoms with E-state index in [0.29, 0.717) is 6.61 Å². The first kappa shape index (κ1) is 16.5. The van der Waals surface area contributed by atoms with Crippen LogP contribution in [0.5, 0.6) is 5.75 Å². The molecule has 2 unspecified atom stereocenters. The van der Waals surface area contributed by atoms with Crippen LogP contribution in [-0.2, 0) is 4.74 Å². The van der Waals surface area contributed by atoms with Crippen molar-refractivity contribution in [1.29, 1.82) is 0 Å². The SMILES string of the molecule is Cc1cc2c(NC3c4ccccc4OCC3N3CCOCC3)ncnc2[nH]1. The molecule has 5 rings (SSSR count). The molecule has 0 aliphatic carbocycles. The van der Waals surface area contributed by atoms with Crippen molar-refractivity contribution < 1.29 is 9.47 Å². The first-order valence-corrected chi connectivity index (χ1v) is 9.40. The molecule has 27 heavy (non-hydrogen) atoms. The molecule has 0 saturated carbocycles. The number of benzene rings is 1. The van der Waals surface area contributed by atoms with Gasteiger partial charge in [-0.25, -0.2) is 9.97 Å². The lowest BCUT2D eigenvalue weighted by atomic mass is 9.94. The first-order chi connectivity index (χ1) is 13.3. The average molecular weight is 365 g/mol. The molecule has 7 nitrogen and oxygen atoms in total. The Balaban J connectivity index is 1.54. The van der Waals surface area contributed by atoms with Gasteiger partial charge in [0.05, 0.1) is 30.7 Å². The number of nitrogens with zero attached hydrogens (tertiary/aromatic N) is 3. The fourth-order valence-corrected chi connectivity index (χ4v) is 4.08. The second kappa shape index (κ2) is 6.83. The number of ether oxygens (including phenoxy) is 2. The van der Waals surface area contributed by atoms with Gasteiger partial charge in [0.15, 0.2) is 0 Å². The number of aryl methyl sites for hydroxylation is 1. The zero-order chi connectivity index (χ0) is 18.2. The Bertz CT molecular complexity index is 950. The minimum absolute atomic E-state index is 0.0846. The Morgan fingerprint density at radius 2 is 2.04 bits per heavy atom. The van der Waals surface area contributed by atoms with Gasteiger partial charge >= 0.3 is 0 Å². The second-order valence-electron chi connectivity index (χ2n) is 7.12. The van der Waals surface area contributed by atoms with Crippen molar-refractivity contribution in [2.45, 2.75) is 19.0 Å². The minimum Gasteiger partial charge on any atom is -0.491 e. The summed E-state index contributed by atoms with van der Waals surface area (Å²) in [6, 6.07) is 10.6. The van der Waals surface area contributed by atoms with Crippen molar-refractivity contribution in [2.24, 2.45) is 0 Å². The zero-order valence-corrected chi connectivity index (χ0v) is 15.3. The topological polar surface area (TPSA) is 75.3 Å². The van der Waals surface area contributed by atoms with Crippen molar-refractivity contribution in [2.75, 3.05) is 38.2 Å². The summed E-state index contributed by atoms with van der Waals surface area (Å²) >= 11 is 0. The maximum Gasteiger partial charge on any atom is 0.143 e. The summed E-state index contributed by atoms with van der Waals surface area (Å²) in [5.41, 5.74) is 3.10. The number of aromatic amines is 1. The highest BCUT2D eigenvalue weighted by molar-refractivity contribution is 5.87. The molecule has 3 aromatic rings. The van der Waals surface area contributed by atoms with Crippen LogP contribution < -0.4 is 10.1 Å². The lowest BCUT2D eigenvalue weighted by molar-refractivity contribution is -0.00341. The molecule has 1 saturated heterocycles. The van der Waals surface area contributed by atoms with Gasteiger partial charge in [-0.1, -0.05) is 18.2 Å². The summed E-state index contributed by atoms with van der Waals surface area (Å²) in [7, 11) is 0. The van der Waals surface area contributed by atoms with Gasteiger partial charge in [0.1, 0.15) is 30.1 Å². The van der Waals surface area contributed by atoms with E-state index >= 15 is 0 Å². The van der Waals surface area contributed by atoms with E-state index in [4.69, 9.17) is 9.47 Å². The molecule has 4 heterocycles. The number of hydrogen-bond donors (Lipinski definition) is 2. The summed E-state index contributed by atoms with van der Waals surface area (Å²) in [4.78, 5) is 14.6. The normalized spacial score (nSPS) is 23.0. The number of para-hydroxylation sites is 1. The molecule has 0 radical (unpaired) electrons. The largest absolute Gasteiger partial charge is 0.491 e. The van der Waals surface area contributed by atoms with Crippen LogP contribution in [0.25, 0.3) is 11.0 Å². The number of hydrogen-bond acceptors (Lipinski definition) is 6. The van der Waals surface area contributed by atoms with Crippen LogP contribution in [0.3, 0.4) is 0 Å². The van der Waals surface area contributed by atoms with Crippen LogP contribution >= 0.6 is 0 Å². The molecule has 0 amide bonds. The monoisotopic (exact) mass is 365 g/mol. The maximum atomic E-state index is 6.09. The first-order valence-electron chi connectivity index (χ1n) is 9.40. The highest BCUT2D eigenvalue weighted by Gasteiger charge is 2.36. The van der Waals surface area contributed by atoms with Gasteiger partial charge < -0.3 is 19.8 Å². The van der Waals surface area contributed by atoms with Gasteiger partial charge in [-0.3, -0.25) is 4.90 Å². The van der Waals surface area contributed by atoms with Crippen LogP contribution in [0, 0.1) is 6.92 Å². The second-order valence-corrected chi connectivity index (χ2v) is 7.12. The molecule has 1 aromatic carbocycles. The van der Waals surface area contributed by atoms with E-state index in [0.717, 1.165) is 54.6 Å². The number of morpholine rings is 1. The Labute approximate surface area is 157 Å². The Morgan fingerprint density at radius 1 is 1.19 bits per heavy atom. The Hall–Kier alpha value is -2.64. The third kappa shape index (κ3) is 3.02. The van der Waals surface area contributed by atoms with Crippen molar-refractivity contribution in [3.05, 3.63) is 47.9 Å². The van der Waals surface area contributed by atoms with Crippen LogP contribution in [0.15, 0.2) is 36.7 Å². The highest BCUT2D eigenvalue weighted by atomic mass is 16.5. The van der Waals surface area contributed by atoms with Gasteiger partial charge in [0.2, 0.25) is 0 Å². The number of rotatable bonds is 3. The standard InChI is InChI=1S/C20H23N5O2/c1-13-10-15-19(23-13)21-12-22-20(15)24-18-14-4-2-3-5-17(14)27-11-16(18)25-6-8-26-9-7-25/h2-5,10,12,16,18H,6-9,11H2,1H3,(H2,21,22,23,24). The third-order valence-corrected chi connectivity index (χ3v) is 5.42. The Morgan fingerprint density at radius 3 is 2.93 bits per heavy atom. The molecule has 0 bridgehead atoms. The van der Waals surface area contributed by atoms with E-state index in [-0.39, 0.29) is 12.1 Å². The number of H-pyrrole nitrogens is 1. The van der Waals surface area contributed by atoms with Gasteiger partial charge in [-0.15, -0.1) is 0 Å². The molecule has 2 N–H and O–H groups in total. The number of aromatic nitrogens is 3. The fraction of sp³-hybridized carbons (Fsp3) is 0.400. The molecule has 2 aliphatic rings. The quantitative estimate of drug-likeness (QED) is 0.743. The average Bonchev–Trinajstić information content (AvgIpc) is 3.10. The van der Waals surface area contributed by atoms with E-state index in [1.54, 1.807) is 6.33 Å². The van der Waals surface area contributed by atoms with E-state index in [2.05, 4.69) is 43.4 Å². The van der Waals surface area contributed by atoms with Crippen LogP contribution in [0.4, 0.5) is 5.82 Å². The van der Waals surface area contributed by atoms with E-state index < -0.39 is 0 Å². The van der Waals surface area contributed by atoms with Crippen LogP contribution in [-0.4, -0.2) is 58.8 Å². The van der Waals surface area contributed by atoms with Crippen LogP contribution in [0.2, 0.25) is 0 Å². The molecule has 140 valence electrons. The van der Waals surface area contributed by atoms with Gasteiger partial charge in [-0.05, 0) is 19.1 Å². The molecule has 2 aliphatic heterocycles.